The van der Waals surface area contributed by atoms with Gasteiger partial charge in [-0.2, -0.15) is 0 Å². The largest absolute Gasteiger partial charge is 0.411 e. The molecule has 0 amide bonds. The summed E-state index contributed by atoms with van der Waals surface area (Å²) in [6, 6.07) is 0. The molecule has 182 valence electrons. The molecule has 3 saturated carbocycles. The van der Waals surface area contributed by atoms with Gasteiger partial charge in [-0.25, -0.2) is 0 Å². The molecule has 0 aromatic rings. The molecule has 0 unspecified atom stereocenters. The van der Waals surface area contributed by atoms with E-state index in [2.05, 4.69) is 46.7 Å². The number of rotatable bonds is 6. The van der Waals surface area contributed by atoms with E-state index in [0.29, 0.717) is 17.3 Å². The minimum atomic E-state index is -0.380. The molecule has 3 nitrogen and oxygen atoms in total. The Kier molecular flexibility index (Phi) is 6.90. The molecule has 0 radical (unpaired) electrons. The Morgan fingerprint density at radius 1 is 1.03 bits per heavy atom. The molecule has 0 bridgehead atoms. The average Bonchev–Trinajstić information content (AvgIpc) is 3.11. The number of allylic oxidation sites excluding steroid dienone is 1. The van der Waals surface area contributed by atoms with Gasteiger partial charge < -0.3 is 10.3 Å². The highest BCUT2D eigenvalue weighted by molar-refractivity contribution is 6.02. The first kappa shape index (κ1) is 24.3. The van der Waals surface area contributed by atoms with Gasteiger partial charge in [-0.15, -0.1) is 0 Å². The van der Waals surface area contributed by atoms with Crippen LogP contribution in [-0.2, 0) is 0 Å². The maximum Gasteiger partial charge on any atom is 0.0833 e. The third kappa shape index (κ3) is 3.89. The Bertz CT molecular complexity index is 741. The molecule has 0 aromatic heterocycles. The Hall–Kier alpha value is -0.830. The number of nitrogens with zero attached hydrogens (tertiary/aromatic N) is 1. The molecular formula is C29H49NO2. The zero-order chi connectivity index (χ0) is 23.3. The highest BCUT2D eigenvalue weighted by atomic mass is 16.4. The predicted molar refractivity (Wildman–Crippen MR) is 133 cm³/mol. The van der Waals surface area contributed by atoms with Crippen LogP contribution < -0.4 is 0 Å². The van der Waals surface area contributed by atoms with E-state index in [1.54, 1.807) is 0 Å². The van der Waals surface area contributed by atoms with Crippen molar-refractivity contribution in [1.82, 2.24) is 0 Å². The molecule has 4 rings (SSSR count). The van der Waals surface area contributed by atoms with Gasteiger partial charge in [0.15, 0.2) is 0 Å². The zero-order valence-electron chi connectivity index (χ0n) is 21.6. The summed E-state index contributed by atoms with van der Waals surface area (Å²) in [7, 11) is 0. The summed E-state index contributed by atoms with van der Waals surface area (Å²) in [5.74, 6) is 5.36. The van der Waals surface area contributed by atoms with E-state index < -0.39 is 0 Å². The molecule has 4 aliphatic rings. The predicted octanol–water partition coefficient (Wildman–Crippen LogP) is 7.46. The number of aliphatic hydroxyl groups excluding tert-OH is 1. The Morgan fingerprint density at radius 3 is 2.44 bits per heavy atom. The van der Waals surface area contributed by atoms with Crippen LogP contribution >= 0.6 is 0 Å². The second-order valence-electron chi connectivity index (χ2n) is 12.9. The quantitative estimate of drug-likeness (QED) is 0.330. The maximum atomic E-state index is 10.3. The van der Waals surface area contributed by atoms with Crippen molar-refractivity contribution in [3.8, 4) is 0 Å². The summed E-state index contributed by atoms with van der Waals surface area (Å²) in [4.78, 5) is 0. The monoisotopic (exact) mass is 443 g/mol. The molecule has 9 atom stereocenters. The fraction of sp³-hybridized carbons (Fsp3) is 0.897. The van der Waals surface area contributed by atoms with E-state index in [1.165, 1.54) is 44.9 Å². The molecule has 0 spiro atoms. The molecule has 2 N–H and O–H groups in total. The normalized spacial score (nSPS) is 44.6. The third-order valence-corrected chi connectivity index (χ3v) is 11.3. The molecule has 32 heavy (non-hydrogen) atoms. The van der Waals surface area contributed by atoms with E-state index >= 15 is 0 Å². The van der Waals surface area contributed by atoms with Crippen LogP contribution in [0, 0.1) is 52.3 Å². The van der Waals surface area contributed by atoms with Crippen molar-refractivity contribution >= 4 is 5.71 Å². The Balaban J connectivity index is 1.54. The smallest absolute Gasteiger partial charge is 0.0833 e. The van der Waals surface area contributed by atoms with Gasteiger partial charge in [0.1, 0.15) is 0 Å². The summed E-state index contributed by atoms with van der Waals surface area (Å²) in [5, 5.41) is 24.0. The van der Waals surface area contributed by atoms with E-state index in [9.17, 15) is 10.3 Å². The van der Waals surface area contributed by atoms with Gasteiger partial charge in [-0.3, -0.25) is 0 Å². The fourth-order valence-electron chi connectivity index (χ4n) is 9.31. The summed E-state index contributed by atoms with van der Waals surface area (Å²) < 4.78 is 0. The molecule has 0 aliphatic heterocycles. The molecular weight excluding hydrogens is 394 g/mol. The lowest BCUT2D eigenvalue weighted by Gasteiger charge is -2.58. The van der Waals surface area contributed by atoms with Crippen LogP contribution in [0.25, 0.3) is 0 Å². The van der Waals surface area contributed by atoms with Crippen molar-refractivity contribution in [3.05, 3.63) is 11.6 Å². The molecule has 3 fully saturated rings. The van der Waals surface area contributed by atoms with Crippen LogP contribution in [0.5, 0.6) is 0 Å². The molecule has 0 aromatic carbocycles. The third-order valence-electron chi connectivity index (χ3n) is 11.3. The molecule has 0 heterocycles. The highest BCUT2D eigenvalue weighted by Gasteiger charge is 2.60. The topological polar surface area (TPSA) is 52.8 Å². The van der Waals surface area contributed by atoms with Gasteiger partial charge in [-0.1, -0.05) is 65.6 Å². The van der Waals surface area contributed by atoms with E-state index in [-0.39, 0.29) is 11.5 Å². The second kappa shape index (κ2) is 9.08. The van der Waals surface area contributed by atoms with Crippen molar-refractivity contribution < 1.29 is 10.3 Å². The molecule has 4 aliphatic carbocycles. The summed E-state index contributed by atoms with van der Waals surface area (Å²) in [6.45, 7) is 14.7. The van der Waals surface area contributed by atoms with Crippen LogP contribution in [0.3, 0.4) is 0 Å². The van der Waals surface area contributed by atoms with E-state index in [4.69, 9.17) is 0 Å². The highest BCUT2D eigenvalue weighted by Crippen LogP contribution is 2.67. The number of oxime groups is 1. The molecule has 0 saturated heterocycles. The van der Waals surface area contributed by atoms with Crippen LogP contribution in [0.2, 0.25) is 0 Å². The van der Waals surface area contributed by atoms with Crippen LogP contribution in [0.15, 0.2) is 16.8 Å². The lowest BCUT2D eigenvalue weighted by molar-refractivity contribution is -0.0477. The minimum absolute atomic E-state index is 0.0698. The van der Waals surface area contributed by atoms with Crippen molar-refractivity contribution in [2.24, 2.45) is 57.4 Å². The van der Waals surface area contributed by atoms with Gasteiger partial charge in [-0.05, 0) is 109 Å². The van der Waals surface area contributed by atoms with Gasteiger partial charge in [0, 0.05) is 0 Å². The summed E-state index contributed by atoms with van der Waals surface area (Å²) >= 11 is 0. The lowest BCUT2D eigenvalue weighted by Crippen LogP contribution is -2.53. The van der Waals surface area contributed by atoms with Crippen molar-refractivity contribution in [1.29, 1.82) is 0 Å². The zero-order valence-corrected chi connectivity index (χ0v) is 21.6. The number of hydrogen-bond acceptors (Lipinski definition) is 3. The maximum absolute atomic E-state index is 10.3. The number of hydrogen-bond donors (Lipinski definition) is 2. The average molecular weight is 444 g/mol. The number of aliphatic hydroxyl groups is 1. The van der Waals surface area contributed by atoms with Crippen molar-refractivity contribution in [3.63, 3.8) is 0 Å². The SMILES string of the molecule is CC[C@H](CC[C@@H](C)[C@H]1CC[C@H]2[C@@H]3C/C(=N/O)C4=C[C@@H](O)CC[C@]4(C)[C@H]3CC[C@]12C)C(C)C. The first-order valence-corrected chi connectivity index (χ1v) is 13.8. The first-order chi connectivity index (χ1) is 15.2. The van der Waals surface area contributed by atoms with Gasteiger partial charge in [0.25, 0.3) is 0 Å². The standard InChI is InChI=1S/C29H49NO2/c1-7-20(18(2)3)9-8-19(4)23-10-11-24-22-17-27(30-32)26-16-21(31)12-14-29(26,6)25(22)13-15-28(23,24)5/h16,18-25,31-32H,7-15,17H2,1-6H3/b30-27-/t19-,20-,21+,22+,23-,24+,25+,28-,29-/m1/s1. The first-order valence-electron chi connectivity index (χ1n) is 13.8. The summed E-state index contributed by atoms with van der Waals surface area (Å²) in [5.41, 5.74) is 2.54. The van der Waals surface area contributed by atoms with Crippen molar-refractivity contribution in [2.75, 3.05) is 0 Å². The molecule has 3 heteroatoms. The minimum Gasteiger partial charge on any atom is -0.411 e. The number of fused-ring (bicyclic) bond motifs is 5. The van der Waals surface area contributed by atoms with Crippen molar-refractivity contribution in [2.45, 2.75) is 112 Å². The van der Waals surface area contributed by atoms with Crippen LogP contribution in [0.4, 0.5) is 0 Å². The Morgan fingerprint density at radius 2 is 1.78 bits per heavy atom. The Labute approximate surface area is 197 Å². The van der Waals surface area contributed by atoms with Crippen LogP contribution in [0.1, 0.15) is 106 Å². The summed E-state index contributed by atoms with van der Waals surface area (Å²) in [6.07, 6.45) is 13.9. The van der Waals surface area contributed by atoms with Crippen LogP contribution in [-0.4, -0.2) is 22.1 Å². The van der Waals surface area contributed by atoms with Gasteiger partial charge >= 0.3 is 0 Å². The lowest BCUT2D eigenvalue weighted by atomic mass is 9.46. The van der Waals surface area contributed by atoms with Gasteiger partial charge in [0.2, 0.25) is 0 Å². The second-order valence-corrected chi connectivity index (χ2v) is 12.9. The van der Waals surface area contributed by atoms with E-state index in [0.717, 1.165) is 60.1 Å². The van der Waals surface area contributed by atoms with E-state index in [1.807, 2.05) is 6.08 Å². The van der Waals surface area contributed by atoms with Gasteiger partial charge in [0.05, 0.1) is 11.8 Å². The fourth-order valence-corrected chi connectivity index (χ4v) is 9.31.